The molecule has 28 heavy (non-hydrogen) atoms. The van der Waals surface area contributed by atoms with Crippen LogP contribution in [0.15, 0.2) is 36.4 Å². The molecule has 1 atom stereocenters. The monoisotopic (exact) mass is 384 g/mol. The van der Waals surface area contributed by atoms with Crippen LogP contribution < -0.4 is 19.7 Å². The summed E-state index contributed by atoms with van der Waals surface area (Å²) in [5.74, 6) is 0.184. The van der Waals surface area contributed by atoms with Crippen molar-refractivity contribution in [1.29, 1.82) is 0 Å². The lowest BCUT2D eigenvalue weighted by Gasteiger charge is -2.22. The lowest BCUT2D eigenvalue weighted by molar-refractivity contribution is -0.126. The Morgan fingerprint density at radius 1 is 1.18 bits per heavy atom. The Morgan fingerprint density at radius 3 is 2.75 bits per heavy atom. The molecule has 0 radical (unpaired) electrons. The molecule has 2 aromatic carbocycles. The molecule has 2 aliphatic rings. The van der Waals surface area contributed by atoms with Gasteiger partial charge >= 0.3 is 0 Å². The van der Waals surface area contributed by atoms with Gasteiger partial charge in [0.25, 0.3) is 0 Å². The third-order valence-corrected chi connectivity index (χ3v) is 5.04. The van der Waals surface area contributed by atoms with Gasteiger partial charge in [0.05, 0.1) is 5.92 Å². The normalized spacial score (nSPS) is 18.3. The van der Waals surface area contributed by atoms with E-state index >= 15 is 0 Å². The summed E-state index contributed by atoms with van der Waals surface area (Å²) in [6.07, 6.45) is 0.141. The van der Waals surface area contributed by atoms with E-state index < -0.39 is 5.92 Å². The highest BCUT2D eigenvalue weighted by Gasteiger charge is 2.35. The number of aryl methyl sites for hydroxylation is 1. The van der Waals surface area contributed by atoms with Gasteiger partial charge in [-0.2, -0.15) is 0 Å². The molecule has 0 aliphatic carbocycles. The molecule has 0 saturated carbocycles. The number of hydrogen-bond donors (Lipinski definition) is 1. The van der Waals surface area contributed by atoms with Crippen LogP contribution in [-0.2, 0) is 16.1 Å². The zero-order chi connectivity index (χ0) is 19.7. The Morgan fingerprint density at radius 2 is 1.96 bits per heavy atom. The second-order valence-corrected chi connectivity index (χ2v) is 7.03. The molecular formula is C21H21FN2O4. The minimum absolute atomic E-state index is 0.113. The number of benzene rings is 2. The molecule has 1 fully saturated rings. The van der Waals surface area contributed by atoms with Crippen LogP contribution in [0.25, 0.3) is 0 Å². The fraction of sp³-hybridized carbons (Fsp3) is 0.333. The van der Waals surface area contributed by atoms with Crippen LogP contribution in [0.2, 0.25) is 0 Å². The van der Waals surface area contributed by atoms with Gasteiger partial charge in [-0.1, -0.05) is 12.1 Å². The van der Waals surface area contributed by atoms with Gasteiger partial charge in [0.1, 0.15) is 19.0 Å². The Labute approximate surface area is 162 Å². The number of amides is 2. The largest absolute Gasteiger partial charge is 0.486 e. The van der Waals surface area contributed by atoms with Crippen molar-refractivity contribution < 1.29 is 23.5 Å². The first-order valence-electron chi connectivity index (χ1n) is 9.24. The molecule has 2 amide bonds. The van der Waals surface area contributed by atoms with Crippen LogP contribution >= 0.6 is 0 Å². The third-order valence-electron chi connectivity index (χ3n) is 5.04. The Hall–Kier alpha value is -3.09. The van der Waals surface area contributed by atoms with Gasteiger partial charge in [-0.15, -0.1) is 0 Å². The van der Waals surface area contributed by atoms with Gasteiger partial charge in [-0.3, -0.25) is 9.59 Å². The number of ether oxygens (including phenoxy) is 2. The molecule has 146 valence electrons. The average Bonchev–Trinajstić information content (AvgIpc) is 3.10. The van der Waals surface area contributed by atoms with Crippen molar-refractivity contribution in [1.82, 2.24) is 5.32 Å². The summed E-state index contributed by atoms with van der Waals surface area (Å²) in [5.41, 5.74) is 1.93. The van der Waals surface area contributed by atoms with E-state index in [1.165, 1.54) is 6.07 Å². The summed E-state index contributed by atoms with van der Waals surface area (Å²) in [5, 5.41) is 2.80. The lowest BCUT2D eigenvalue weighted by atomic mass is 10.1. The van der Waals surface area contributed by atoms with Crippen molar-refractivity contribution in [2.24, 2.45) is 5.92 Å². The number of fused-ring (bicyclic) bond motifs is 1. The summed E-state index contributed by atoms with van der Waals surface area (Å²) in [7, 11) is 0. The molecule has 1 saturated heterocycles. The highest BCUT2D eigenvalue weighted by Crippen LogP contribution is 2.36. The summed E-state index contributed by atoms with van der Waals surface area (Å²) in [4.78, 5) is 26.5. The van der Waals surface area contributed by atoms with Crippen LogP contribution in [0.4, 0.5) is 10.1 Å². The van der Waals surface area contributed by atoms with Crippen LogP contribution in [-0.4, -0.2) is 31.6 Å². The minimum atomic E-state index is -0.448. The molecule has 1 N–H and O–H groups in total. The van der Waals surface area contributed by atoms with Gasteiger partial charge in [0.2, 0.25) is 11.8 Å². The molecule has 2 heterocycles. The maximum Gasteiger partial charge on any atom is 0.227 e. The molecule has 0 aromatic heterocycles. The molecular weight excluding hydrogens is 363 g/mol. The summed E-state index contributed by atoms with van der Waals surface area (Å²) >= 11 is 0. The highest BCUT2D eigenvalue weighted by atomic mass is 19.1. The lowest BCUT2D eigenvalue weighted by Crippen LogP contribution is -2.32. The zero-order valence-corrected chi connectivity index (χ0v) is 15.5. The summed E-state index contributed by atoms with van der Waals surface area (Å²) < 4.78 is 24.7. The molecule has 0 spiro atoms. The van der Waals surface area contributed by atoms with Gasteiger partial charge in [-0.05, 0) is 36.2 Å². The van der Waals surface area contributed by atoms with E-state index in [1.54, 1.807) is 42.2 Å². The summed E-state index contributed by atoms with van der Waals surface area (Å²) in [6.45, 7) is 3.18. The fourth-order valence-corrected chi connectivity index (χ4v) is 3.41. The Balaban J connectivity index is 1.40. The van der Waals surface area contributed by atoms with Gasteiger partial charge < -0.3 is 19.7 Å². The smallest absolute Gasteiger partial charge is 0.227 e. The predicted molar refractivity (Wildman–Crippen MR) is 101 cm³/mol. The Bertz CT molecular complexity index is 931. The highest BCUT2D eigenvalue weighted by molar-refractivity contribution is 6.00. The maximum atomic E-state index is 13.6. The quantitative estimate of drug-likeness (QED) is 0.880. The second-order valence-electron chi connectivity index (χ2n) is 7.03. The number of nitrogens with one attached hydrogen (secondary N) is 1. The number of halogens is 1. The molecule has 4 rings (SSSR count). The van der Waals surface area contributed by atoms with Crippen LogP contribution in [0.3, 0.4) is 0 Å². The number of carbonyl (C=O) groups is 2. The second kappa shape index (κ2) is 7.50. The molecule has 0 bridgehead atoms. The number of rotatable bonds is 4. The van der Waals surface area contributed by atoms with E-state index in [-0.39, 0.29) is 30.6 Å². The van der Waals surface area contributed by atoms with Crippen LogP contribution in [0, 0.1) is 18.7 Å². The van der Waals surface area contributed by atoms with Crippen LogP contribution in [0.1, 0.15) is 17.5 Å². The standard InChI is InChI=1S/C21H21FN2O4/c1-13-2-3-14(8-17(13)22)11-23-21(26)15-9-20(25)24(12-15)16-4-5-18-19(10-16)28-7-6-27-18/h2-5,8,10,15H,6-7,9,11-12H2,1H3,(H,23,26)/t15-/m0/s1. The van der Waals surface area contributed by atoms with Crippen molar-refractivity contribution in [3.8, 4) is 11.5 Å². The molecule has 0 unspecified atom stereocenters. The first-order chi connectivity index (χ1) is 13.5. The van der Waals surface area contributed by atoms with E-state index in [0.717, 1.165) is 0 Å². The first-order valence-corrected chi connectivity index (χ1v) is 9.24. The predicted octanol–water partition coefficient (Wildman–Crippen LogP) is 2.57. The maximum absolute atomic E-state index is 13.6. The van der Waals surface area contributed by atoms with Crippen molar-refractivity contribution >= 4 is 17.5 Å². The first kappa shape index (κ1) is 18.3. The fourth-order valence-electron chi connectivity index (χ4n) is 3.41. The van der Waals surface area contributed by atoms with Crippen LogP contribution in [0.5, 0.6) is 11.5 Å². The SMILES string of the molecule is Cc1ccc(CNC(=O)[C@H]2CC(=O)N(c3ccc4c(c3)OCCO4)C2)cc1F. The third kappa shape index (κ3) is 3.65. The van der Waals surface area contributed by atoms with Crippen molar-refractivity contribution in [3.63, 3.8) is 0 Å². The minimum Gasteiger partial charge on any atom is -0.486 e. The van der Waals surface area contributed by atoms with Gasteiger partial charge in [0, 0.05) is 31.3 Å². The number of hydrogen-bond acceptors (Lipinski definition) is 4. The molecule has 6 nitrogen and oxygen atoms in total. The van der Waals surface area contributed by atoms with Crippen molar-refractivity contribution in [2.45, 2.75) is 19.9 Å². The van der Waals surface area contributed by atoms with E-state index in [1.807, 2.05) is 0 Å². The Kier molecular flexibility index (Phi) is 4.90. The number of carbonyl (C=O) groups excluding carboxylic acids is 2. The van der Waals surface area contributed by atoms with E-state index in [2.05, 4.69) is 5.32 Å². The number of nitrogens with zero attached hydrogens (tertiary/aromatic N) is 1. The average molecular weight is 384 g/mol. The van der Waals surface area contributed by atoms with Gasteiger partial charge in [0.15, 0.2) is 11.5 Å². The molecule has 2 aliphatic heterocycles. The number of anilines is 1. The van der Waals surface area contributed by atoms with Gasteiger partial charge in [-0.25, -0.2) is 4.39 Å². The molecule has 2 aromatic rings. The zero-order valence-electron chi connectivity index (χ0n) is 15.5. The summed E-state index contributed by atoms with van der Waals surface area (Å²) in [6, 6.07) is 10.2. The van der Waals surface area contributed by atoms with Crippen molar-refractivity contribution in [3.05, 3.63) is 53.3 Å². The van der Waals surface area contributed by atoms with Crippen molar-refractivity contribution in [2.75, 3.05) is 24.7 Å². The van der Waals surface area contributed by atoms with E-state index in [4.69, 9.17) is 9.47 Å². The topological polar surface area (TPSA) is 67.9 Å². The van der Waals surface area contributed by atoms with E-state index in [0.29, 0.717) is 48.1 Å². The van der Waals surface area contributed by atoms with E-state index in [9.17, 15) is 14.0 Å². The molecule has 7 heteroatoms.